The predicted octanol–water partition coefficient (Wildman–Crippen LogP) is 2.89. The van der Waals surface area contributed by atoms with E-state index in [1.54, 1.807) is 24.3 Å². The van der Waals surface area contributed by atoms with Gasteiger partial charge in [-0.05, 0) is 30.2 Å². The van der Waals surface area contributed by atoms with Gasteiger partial charge in [-0.15, -0.1) is 0 Å². The van der Waals surface area contributed by atoms with Crippen molar-refractivity contribution < 1.29 is 18.7 Å². The maximum atomic E-state index is 11.8. The topological polar surface area (TPSA) is 77.8 Å². The third-order valence-corrected chi connectivity index (χ3v) is 3.86. The Balaban J connectivity index is 1.33. The summed E-state index contributed by atoms with van der Waals surface area (Å²) in [6.07, 6.45) is 0.722. The Morgan fingerprint density at radius 3 is 2.70 bits per heavy atom. The van der Waals surface area contributed by atoms with Gasteiger partial charge >= 0.3 is 5.63 Å². The molecule has 3 aromatic rings. The zero-order valence-electron chi connectivity index (χ0n) is 14.9. The summed E-state index contributed by atoms with van der Waals surface area (Å²) >= 11 is 0. The smallest absolute Gasteiger partial charge is 0.336 e. The molecular weight excluding hydrogens is 346 g/mol. The summed E-state index contributed by atoms with van der Waals surface area (Å²) in [6, 6.07) is 18.1. The van der Waals surface area contributed by atoms with Gasteiger partial charge in [0.1, 0.15) is 11.3 Å². The minimum absolute atomic E-state index is 0.104. The number of hydrogen-bond donors (Lipinski definition) is 1. The second-order valence-electron chi connectivity index (χ2n) is 5.98. The molecule has 0 bridgehead atoms. The first-order chi connectivity index (χ1) is 13.2. The van der Waals surface area contributed by atoms with Gasteiger partial charge in [0.15, 0.2) is 6.61 Å². The predicted molar refractivity (Wildman–Crippen MR) is 102 cm³/mol. The maximum Gasteiger partial charge on any atom is 0.336 e. The van der Waals surface area contributed by atoms with Crippen LogP contribution in [-0.2, 0) is 16.1 Å². The van der Waals surface area contributed by atoms with Crippen molar-refractivity contribution in [3.05, 3.63) is 76.6 Å². The van der Waals surface area contributed by atoms with Gasteiger partial charge in [-0.25, -0.2) is 4.79 Å². The number of nitrogens with one attached hydrogen (secondary N) is 1. The molecule has 0 aliphatic heterocycles. The van der Waals surface area contributed by atoms with Crippen molar-refractivity contribution in [1.82, 2.24) is 5.32 Å². The molecule has 0 spiro atoms. The largest absolute Gasteiger partial charge is 0.484 e. The van der Waals surface area contributed by atoms with Crippen LogP contribution >= 0.6 is 0 Å². The molecule has 3 rings (SSSR count). The molecule has 1 amide bonds. The quantitative estimate of drug-likeness (QED) is 0.465. The first-order valence-corrected chi connectivity index (χ1v) is 8.76. The Morgan fingerprint density at radius 1 is 1.04 bits per heavy atom. The summed E-state index contributed by atoms with van der Waals surface area (Å²) in [5, 5.41) is 3.57. The van der Waals surface area contributed by atoms with E-state index in [9.17, 15) is 9.59 Å². The van der Waals surface area contributed by atoms with E-state index in [1.807, 2.05) is 30.3 Å². The van der Waals surface area contributed by atoms with E-state index in [0.29, 0.717) is 31.1 Å². The molecule has 1 heterocycles. The van der Waals surface area contributed by atoms with Crippen LogP contribution in [0.5, 0.6) is 5.75 Å². The van der Waals surface area contributed by atoms with Crippen molar-refractivity contribution in [3.63, 3.8) is 0 Å². The van der Waals surface area contributed by atoms with E-state index in [2.05, 4.69) is 5.32 Å². The Bertz CT molecular complexity index is 936. The lowest BCUT2D eigenvalue weighted by Gasteiger charge is -2.08. The van der Waals surface area contributed by atoms with E-state index in [1.165, 1.54) is 6.07 Å². The summed E-state index contributed by atoms with van der Waals surface area (Å²) in [5.74, 6) is 0.255. The highest BCUT2D eigenvalue weighted by Crippen LogP contribution is 2.19. The van der Waals surface area contributed by atoms with Crippen molar-refractivity contribution in [2.45, 2.75) is 13.0 Å². The van der Waals surface area contributed by atoms with Crippen LogP contribution in [0.3, 0.4) is 0 Å². The van der Waals surface area contributed by atoms with Crippen LogP contribution < -0.4 is 15.7 Å². The van der Waals surface area contributed by atoms with Gasteiger partial charge in [-0.1, -0.05) is 30.3 Å². The third-order valence-electron chi connectivity index (χ3n) is 3.86. The second kappa shape index (κ2) is 9.54. The Hall–Kier alpha value is -3.12. The first-order valence-electron chi connectivity index (χ1n) is 8.76. The number of hydrogen-bond acceptors (Lipinski definition) is 5. The number of fused-ring (bicyclic) bond motifs is 1. The van der Waals surface area contributed by atoms with Crippen molar-refractivity contribution in [2.24, 2.45) is 0 Å². The van der Waals surface area contributed by atoms with Crippen LogP contribution in [0.2, 0.25) is 0 Å². The summed E-state index contributed by atoms with van der Waals surface area (Å²) in [4.78, 5) is 23.1. The standard InChI is InChI=1S/C21H21NO5/c23-20(22-11-4-12-25-14-16-5-2-1-3-6-16)15-26-18-9-7-17-8-10-21(24)27-19(17)13-18/h1-3,5-10,13H,4,11-12,14-15H2,(H,22,23). The molecule has 0 unspecified atom stereocenters. The van der Waals surface area contributed by atoms with Crippen LogP contribution in [0.15, 0.2) is 69.9 Å². The SMILES string of the molecule is O=C(COc1ccc2ccc(=O)oc2c1)NCCCOCc1ccccc1. The zero-order chi connectivity index (χ0) is 18.9. The van der Waals surface area contributed by atoms with E-state index in [-0.39, 0.29) is 12.5 Å². The molecule has 0 aliphatic carbocycles. The highest BCUT2D eigenvalue weighted by molar-refractivity contribution is 5.79. The fourth-order valence-electron chi connectivity index (χ4n) is 2.50. The Morgan fingerprint density at radius 2 is 1.85 bits per heavy atom. The molecular formula is C21H21NO5. The third kappa shape index (κ3) is 5.97. The summed E-state index contributed by atoms with van der Waals surface area (Å²) in [7, 11) is 0. The van der Waals surface area contributed by atoms with Gasteiger partial charge in [0.2, 0.25) is 0 Å². The van der Waals surface area contributed by atoms with Gasteiger partial charge in [-0.2, -0.15) is 0 Å². The number of rotatable bonds is 9. The van der Waals surface area contributed by atoms with Gasteiger partial charge < -0.3 is 19.2 Å². The highest BCUT2D eigenvalue weighted by atomic mass is 16.5. The van der Waals surface area contributed by atoms with Crippen molar-refractivity contribution >= 4 is 16.9 Å². The molecule has 0 saturated heterocycles. The van der Waals surface area contributed by atoms with E-state index >= 15 is 0 Å². The van der Waals surface area contributed by atoms with E-state index < -0.39 is 5.63 Å². The number of ether oxygens (including phenoxy) is 2. The number of carbonyl (C=O) groups is 1. The fraction of sp³-hybridized carbons (Fsp3) is 0.238. The zero-order valence-corrected chi connectivity index (χ0v) is 14.9. The van der Waals surface area contributed by atoms with Crippen LogP contribution in [0.25, 0.3) is 11.0 Å². The van der Waals surface area contributed by atoms with Crippen molar-refractivity contribution in [3.8, 4) is 5.75 Å². The number of carbonyl (C=O) groups excluding carboxylic acids is 1. The van der Waals surface area contributed by atoms with Crippen molar-refractivity contribution in [1.29, 1.82) is 0 Å². The molecule has 0 aliphatic rings. The summed E-state index contributed by atoms with van der Waals surface area (Å²) in [5.41, 5.74) is 1.13. The molecule has 6 heteroatoms. The Labute approximate surface area is 156 Å². The van der Waals surface area contributed by atoms with Crippen LogP contribution in [0.1, 0.15) is 12.0 Å². The molecule has 1 aromatic heterocycles. The molecule has 0 fully saturated rings. The second-order valence-corrected chi connectivity index (χ2v) is 5.98. The van der Waals surface area contributed by atoms with Gasteiger partial charge in [0.05, 0.1) is 6.61 Å². The van der Waals surface area contributed by atoms with Gasteiger partial charge in [0, 0.05) is 30.7 Å². The molecule has 0 atom stereocenters. The maximum absolute atomic E-state index is 11.8. The number of benzene rings is 2. The fourth-order valence-corrected chi connectivity index (χ4v) is 2.50. The monoisotopic (exact) mass is 367 g/mol. The van der Waals surface area contributed by atoms with E-state index in [0.717, 1.165) is 17.4 Å². The van der Waals surface area contributed by atoms with Gasteiger partial charge in [-0.3, -0.25) is 4.79 Å². The van der Waals surface area contributed by atoms with Crippen LogP contribution in [-0.4, -0.2) is 25.7 Å². The first kappa shape index (κ1) is 18.7. The lowest BCUT2D eigenvalue weighted by Crippen LogP contribution is -2.30. The van der Waals surface area contributed by atoms with Gasteiger partial charge in [0.25, 0.3) is 5.91 Å². The van der Waals surface area contributed by atoms with E-state index in [4.69, 9.17) is 13.9 Å². The molecule has 2 aromatic carbocycles. The van der Waals surface area contributed by atoms with Crippen LogP contribution in [0, 0.1) is 0 Å². The normalized spacial score (nSPS) is 10.7. The number of amides is 1. The molecule has 0 saturated carbocycles. The average molecular weight is 367 g/mol. The summed E-state index contributed by atoms with van der Waals surface area (Å²) < 4.78 is 16.1. The summed E-state index contributed by atoms with van der Waals surface area (Å²) in [6.45, 7) is 1.55. The Kier molecular flexibility index (Phi) is 6.60. The average Bonchev–Trinajstić information content (AvgIpc) is 2.69. The molecule has 140 valence electrons. The lowest BCUT2D eigenvalue weighted by atomic mass is 10.2. The molecule has 6 nitrogen and oxygen atoms in total. The minimum atomic E-state index is -0.424. The molecule has 0 radical (unpaired) electrons. The molecule has 27 heavy (non-hydrogen) atoms. The van der Waals surface area contributed by atoms with Crippen molar-refractivity contribution in [2.75, 3.05) is 19.8 Å². The minimum Gasteiger partial charge on any atom is -0.484 e. The highest BCUT2D eigenvalue weighted by Gasteiger charge is 2.04. The lowest BCUT2D eigenvalue weighted by molar-refractivity contribution is -0.123. The van der Waals surface area contributed by atoms with Crippen LogP contribution in [0.4, 0.5) is 0 Å². The molecule has 1 N–H and O–H groups in total.